The van der Waals surface area contributed by atoms with Crippen LogP contribution < -0.4 is 10.6 Å². The van der Waals surface area contributed by atoms with E-state index < -0.39 is 6.04 Å². The summed E-state index contributed by atoms with van der Waals surface area (Å²) in [6.45, 7) is 0.989. The fourth-order valence-corrected chi connectivity index (χ4v) is 4.18. The maximum Gasteiger partial charge on any atom is 0.315 e. The molecule has 2 N–H and O–H groups in total. The number of carbonyl (C=O) groups excluding carboxylic acids is 2. The predicted octanol–water partition coefficient (Wildman–Crippen LogP) is 2.16. The number of hydrogen-bond donors (Lipinski definition) is 2. The number of fused-ring (bicyclic) bond motifs is 1. The van der Waals surface area contributed by atoms with Crippen molar-refractivity contribution < 1.29 is 9.59 Å². The van der Waals surface area contributed by atoms with E-state index in [4.69, 9.17) is 0 Å². The highest BCUT2D eigenvalue weighted by atomic mass is 16.2. The van der Waals surface area contributed by atoms with E-state index in [1.165, 1.54) is 5.39 Å². The molecule has 0 spiro atoms. The van der Waals surface area contributed by atoms with Crippen LogP contribution in [-0.4, -0.2) is 51.0 Å². The topological polar surface area (TPSA) is 92.2 Å². The van der Waals surface area contributed by atoms with Gasteiger partial charge in [0.05, 0.1) is 17.9 Å². The number of likely N-dealkylation sites (tertiary alicyclic amines) is 1. The first-order chi connectivity index (χ1) is 14.2. The highest BCUT2D eigenvalue weighted by Crippen LogP contribution is 2.31. The molecular formula is C21H22N6O2. The van der Waals surface area contributed by atoms with Crippen LogP contribution in [0, 0.1) is 0 Å². The van der Waals surface area contributed by atoms with Crippen LogP contribution in [0.2, 0.25) is 0 Å². The number of hydrogen-bond acceptors (Lipinski definition) is 4. The van der Waals surface area contributed by atoms with Gasteiger partial charge in [-0.15, -0.1) is 5.10 Å². The molecule has 0 bridgehead atoms. The Morgan fingerprint density at radius 1 is 1.10 bits per heavy atom. The van der Waals surface area contributed by atoms with Crippen LogP contribution in [0.25, 0.3) is 16.5 Å². The van der Waals surface area contributed by atoms with E-state index in [0.717, 1.165) is 36.0 Å². The van der Waals surface area contributed by atoms with E-state index in [2.05, 4.69) is 45.2 Å². The Kier molecular flexibility index (Phi) is 4.38. The van der Waals surface area contributed by atoms with E-state index in [1.807, 2.05) is 29.3 Å². The van der Waals surface area contributed by atoms with Crippen molar-refractivity contribution in [1.82, 2.24) is 30.5 Å². The van der Waals surface area contributed by atoms with Crippen LogP contribution in [0.1, 0.15) is 31.0 Å². The van der Waals surface area contributed by atoms with Crippen LogP contribution in [-0.2, 0) is 4.79 Å². The molecule has 3 heterocycles. The van der Waals surface area contributed by atoms with Crippen molar-refractivity contribution in [2.75, 3.05) is 13.1 Å². The SMILES string of the molecule is O=C1NC[C@@H](C(=O)N2CCCCC2c2cn(-c3ccc4ccccc4c3)nn2)N1. The zero-order valence-corrected chi connectivity index (χ0v) is 15.9. The minimum absolute atomic E-state index is 0.0618. The van der Waals surface area contributed by atoms with E-state index in [-0.39, 0.29) is 18.0 Å². The Morgan fingerprint density at radius 3 is 2.79 bits per heavy atom. The molecule has 0 aliphatic carbocycles. The monoisotopic (exact) mass is 390 g/mol. The Hall–Kier alpha value is -3.42. The minimum atomic E-state index is -0.515. The zero-order chi connectivity index (χ0) is 19.8. The van der Waals surface area contributed by atoms with Gasteiger partial charge in [-0.3, -0.25) is 4.79 Å². The van der Waals surface area contributed by atoms with Crippen LogP contribution in [0.15, 0.2) is 48.7 Å². The van der Waals surface area contributed by atoms with Crippen LogP contribution in [0.4, 0.5) is 4.79 Å². The first kappa shape index (κ1) is 17.7. The van der Waals surface area contributed by atoms with Crippen molar-refractivity contribution in [2.45, 2.75) is 31.3 Å². The summed E-state index contributed by atoms with van der Waals surface area (Å²) in [5.41, 5.74) is 1.71. The third-order valence-electron chi connectivity index (χ3n) is 5.71. The van der Waals surface area contributed by atoms with Gasteiger partial charge in [0.2, 0.25) is 5.91 Å². The first-order valence-electron chi connectivity index (χ1n) is 9.95. The summed E-state index contributed by atoms with van der Waals surface area (Å²) in [5.74, 6) is -0.0618. The van der Waals surface area contributed by atoms with Gasteiger partial charge in [-0.25, -0.2) is 9.48 Å². The molecule has 1 unspecified atom stereocenters. The summed E-state index contributed by atoms with van der Waals surface area (Å²) in [6.07, 6.45) is 4.74. The summed E-state index contributed by atoms with van der Waals surface area (Å²) in [7, 11) is 0. The highest BCUT2D eigenvalue weighted by molar-refractivity contribution is 5.90. The molecule has 2 saturated heterocycles. The van der Waals surface area contributed by atoms with Gasteiger partial charge in [0, 0.05) is 13.1 Å². The Balaban J connectivity index is 1.41. The number of piperidine rings is 1. The van der Waals surface area contributed by atoms with E-state index in [1.54, 1.807) is 4.68 Å². The predicted molar refractivity (Wildman–Crippen MR) is 107 cm³/mol. The average Bonchev–Trinajstić information content (AvgIpc) is 3.42. The van der Waals surface area contributed by atoms with Crippen molar-refractivity contribution in [2.24, 2.45) is 0 Å². The second-order valence-corrected chi connectivity index (χ2v) is 7.57. The molecule has 8 heteroatoms. The Bertz CT molecular complexity index is 1080. The third kappa shape index (κ3) is 3.30. The summed E-state index contributed by atoms with van der Waals surface area (Å²) in [5, 5.41) is 16.4. The largest absolute Gasteiger partial charge is 0.336 e. The smallest absolute Gasteiger partial charge is 0.315 e. The van der Waals surface area contributed by atoms with Crippen molar-refractivity contribution in [1.29, 1.82) is 0 Å². The molecule has 2 aromatic carbocycles. The normalized spacial score (nSPS) is 21.8. The lowest BCUT2D eigenvalue weighted by atomic mass is 9.98. The van der Waals surface area contributed by atoms with E-state index in [0.29, 0.717) is 13.1 Å². The van der Waals surface area contributed by atoms with Crippen molar-refractivity contribution in [3.63, 3.8) is 0 Å². The number of amides is 3. The number of nitrogens with zero attached hydrogens (tertiary/aromatic N) is 4. The fraction of sp³-hybridized carbons (Fsp3) is 0.333. The molecule has 2 aliphatic heterocycles. The van der Waals surface area contributed by atoms with Crippen LogP contribution in [0.5, 0.6) is 0 Å². The summed E-state index contributed by atoms with van der Waals surface area (Å²) < 4.78 is 1.76. The highest BCUT2D eigenvalue weighted by Gasteiger charge is 2.36. The van der Waals surface area contributed by atoms with E-state index >= 15 is 0 Å². The molecule has 2 aliphatic rings. The summed E-state index contributed by atoms with van der Waals surface area (Å²) >= 11 is 0. The molecule has 0 saturated carbocycles. The van der Waals surface area contributed by atoms with Crippen molar-refractivity contribution in [3.8, 4) is 5.69 Å². The second kappa shape index (κ2) is 7.20. The van der Waals surface area contributed by atoms with Gasteiger partial charge < -0.3 is 15.5 Å². The molecule has 5 rings (SSSR count). The molecule has 29 heavy (non-hydrogen) atoms. The van der Waals surface area contributed by atoms with E-state index in [9.17, 15) is 9.59 Å². The lowest BCUT2D eigenvalue weighted by Crippen LogP contribution is -2.48. The number of aromatic nitrogens is 3. The second-order valence-electron chi connectivity index (χ2n) is 7.57. The maximum atomic E-state index is 13.0. The maximum absolute atomic E-state index is 13.0. The molecule has 3 aromatic rings. The molecule has 1 aromatic heterocycles. The quantitative estimate of drug-likeness (QED) is 0.717. The summed E-state index contributed by atoms with van der Waals surface area (Å²) in [4.78, 5) is 26.2. The molecule has 3 amide bonds. The number of nitrogens with one attached hydrogen (secondary N) is 2. The van der Waals surface area contributed by atoms with Crippen LogP contribution >= 0.6 is 0 Å². The zero-order valence-electron chi connectivity index (χ0n) is 15.9. The lowest BCUT2D eigenvalue weighted by molar-refractivity contribution is -0.136. The van der Waals surface area contributed by atoms with Gasteiger partial charge in [-0.2, -0.15) is 0 Å². The first-order valence-corrected chi connectivity index (χ1v) is 9.95. The fourth-order valence-electron chi connectivity index (χ4n) is 4.18. The molecule has 148 valence electrons. The van der Waals surface area contributed by atoms with Gasteiger partial charge in [0.15, 0.2) is 0 Å². The molecular weight excluding hydrogens is 368 g/mol. The molecule has 0 radical (unpaired) electrons. The van der Waals surface area contributed by atoms with Gasteiger partial charge in [0.1, 0.15) is 11.7 Å². The van der Waals surface area contributed by atoms with Crippen molar-refractivity contribution in [3.05, 3.63) is 54.4 Å². The Morgan fingerprint density at radius 2 is 1.97 bits per heavy atom. The number of benzene rings is 2. The van der Waals surface area contributed by atoms with Gasteiger partial charge in [0.25, 0.3) is 0 Å². The average molecular weight is 390 g/mol. The third-order valence-corrected chi connectivity index (χ3v) is 5.71. The summed E-state index contributed by atoms with van der Waals surface area (Å²) in [6, 6.07) is 13.4. The minimum Gasteiger partial charge on any atom is -0.336 e. The van der Waals surface area contributed by atoms with Gasteiger partial charge in [-0.05, 0) is 42.2 Å². The molecule has 2 atom stereocenters. The van der Waals surface area contributed by atoms with Gasteiger partial charge >= 0.3 is 6.03 Å². The number of urea groups is 1. The molecule has 2 fully saturated rings. The van der Waals surface area contributed by atoms with Crippen molar-refractivity contribution >= 4 is 22.7 Å². The number of carbonyl (C=O) groups is 2. The van der Waals surface area contributed by atoms with Gasteiger partial charge in [-0.1, -0.05) is 35.5 Å². The standard InChI is InChI=1S/C21H22N6O2/c28-20(17-12-22-21(29)23-17)26-10-4-3-7-19(26)18-13-27(25-24-18)16-9-8-14-5-1-2-6-15(14)11-16/h1-2,5-6,8-9,11,13,17,19H,3-4,7,10,12H2,(H2,22,23,29)/t17-,19?/m0/s1. The van der Waals surface area contributed by atoms with Crippen LogP contribution in [0.3, 0.4) is 0 Å². The molecule has 8 nitrogen and oxygen atoms in total. The number of rotatable bonds is 3. The Labute approximate surface area is 167 Å². The lowest BCUT2D eigenvalue weighted by Gasteiger charge is -2.35.